The molecule has 0 bridgehead atoms. The largest absolute Gasteiger partial charge is 0.673 e. The van der Waals surface area contributed by atoms with Crippen molar-refractivity contribution in [1.29, 1.82) is 0 Å². The Hall–Kier alpha value is -1.75. The van der Waals surface area contributed by atoms with Crippen LogP contribution in [0.2, 0.25) is 0 Å². The van der Waals surface area contributed by atoms with Crippen molar-refractivity contribution in [2.45, 2.75) is 13.8 Å². The van der Waals surface area contributed by atoms with Crippen molar-refractivity contribution in [2.24, 2.45) is 0 Å². The molecule has 2 aromatic carbocycles. The van der Waals surface area contributed by atoms with Crippen LogP contribution < -0.4 is 20.1 Å². The molecule has 0 unspecified atom stereocenters. The molecule has 2 rings (SSSR count). The first kappa shape index (κ1) is 20.3. The maximum Gasteiger partial charge on any atom is 0.673 e. The number of para-hydroxylation sites is 2. The minimum absolute atomic E-state index is 0.0193. The lowest BCUT2D eigenvalue weighted by atomic mass is 10.3. The van der Waals surface area contributed by atoms with Gasteiger partial charge in [0.15, 0.2) is 11.5 Å². The zero-order chi connectivity index (χ0) is 18.0. The summed E-state index contributed by atoms with van der Waals surface area (Å²) in [5, 5.41) is 2.55. The Morgan fingerprint density at radius 1 is 0.750 bits per heavy atom. The van der Waals surface area contributed by atoms with Crippen LogP contribution in [0.1, 0.15) is 13.8 Å². The molecule has 0 fully saturated rings. The molecule has 0 spiro atoms. The predicted octanol–water partition coefficient (Wildman–Crippen LogP) is 4.15. The third-order valence-corrected chi connectivity index (χ3v) is 4.32. The molecule has 0 aromatic heterocycles. The van der Waals surface area contributed by atoms with Crippen molar-refractivity contribution in [3.8, 4) is 11.5 Å². The van der Waals surface area contributed by atoms with Crippen LogP contribution in [0, 0.1) is 0 Å². The maximum atomic E-state index is 9.75. The van der Waals surface area contributed by atoms with Gasteiger partial charge in [-0.15, -0.1) is 0 Å². The topological polar surface area (TPSA) is 18.5 Å². The van der Waals surface area contributed by atoms with E-state index < -0.39 is 7.25 Å². The molecule has 0 heterocycles. The fourth-order valence-corrected chi connectivity index (χ4v) is 3.33. The zero-order valence-corrected chi connectivity index (χ0v) is 14.7. The molecule has 0 aliphatic heterocycles. The van der Waals surface area contributed by atoms with Gasteiger partial charge in [-0.25, -0.2) is 0 Å². The minimum atomic E-state index is -6.00. The molecule has 0 N–H and O–H groups in total. The van der Waals surface area contributed by atoms with Gasteiger partial charge < -0.3 is 26.7 Å². The Morgan fingerprint density at radius 2 is 1.08 bits per heavy atom. The van der Waals surface area contributed by atoms with Crippen LogP contribution in [-0.4, -0.2) is 20.5 Å². The summed E-state index contributed by atoms with van der Waals surface area (Å²) in [6.45, 7) is 5.42. The highest BCUT2D eigenvalue weighted by Crippen LogP contribution is 2.23. The van der Waals surface area contributed by atoms with E-state index >= 15 is 0 Å². The average Bonchev–Trinajstić information content (AvgIpc) is 2.50. The lowest BCUT2D eigenvalue weighted by Crippen LogP contribution is -2.10. The molecule has 0 aliphatic rings. The first-order chi connectivity index (χ1) is 11.3. The van der Waals surface area contributed by atoms with Crippen molar-refractivity contribution in [3.63, 3.8) is 0 Å². The summed E-state index contributed by atoms with van der Waals surface area (Å²) >= 11 is 0. The summed E-state index contributed by atoms with van der Waals surface area (Å²) < 4.78 is 50.4. The van der Waals surface area contributed by atoms with Crippen LogP contribution in [0.4, 0.5) is 17.3 Å². The molecule has 2 aromatic rings. The Kier molecular flexibility index (Phi) is 8.62. The molecule has 24 heavy (non-hydrogen) atoms. The van der Waals surface area contributed by atoms with Gasteiger partial charge in [0.1, 0.15) is 10.6 Å². The van der Waals surface area contributed by atoms with Crippen molar-refractivity contribution in [3.05, 3.63) is 48.5 Å². The van der Waals surface area contributed by atoms with Crippen LogP contribution >= 0.6 is 8.58 Å². The van der Waals surface area contributed by atoms with Crippen molar-refractivity contribution in [1.82, 2.24) is 0 Å². The third-order valence-electron chi connectivity index (χ3n) is 2.75. The molecule has 0 aliphatic carbocycles. The molecule has 2 nitrogen and oxygen atoms in total. The number of benzene rings is 2. The summed E-state index contributed by atoms with van der Waals surface area (Å²) in [5.41, 5.74) is 0. The van der Waals surface area contributed by atoms with E-state index in [0.717, 1.165) is 11.5 Å². The second-order valence-electron chi connectivity index (χ2n) is 4.58. The van der Waals surface area contributed by atoms with Gasteiger partial charge in [0, 0.05) is 0 Å². The van der Waals surface area contributed by atoms with Crippen LogP contribution in [-0.2, 0) is 0 Å². The summed E-state index contributed by atoms with van der Waals surface area (Å²) in [6.07, 6.45) is 0. The second kappa shape index (κ2) is 10.2. The fourth-order valence-electron chi connectivity index (χ4n) is 1.94. The highest BCUT2D eigenvalue weighted by molar-refractivity contribution is 7.56. The van der Waals surface area contributed by atoms with E-state index in [1.807, 2.05) is 38.1 Å². The van der Waals surface area contributed by atoms with Crippen LogP contribution in [0.5, 0.6) is 11.5 Å². The zero-order valence-electron chi connectivity index (χ0n) is 13.5. The highest BCUT2D eigenvalue weighted by Gasteiger charge is 2.20. The fraction of sp³-hybridized carbons (Fsp3) is 0.250. The summed E-state index contributed by atoms with van der Waals surface area (Å²) in [6, 6.07) is 16.5. The van der Waals surface area contributed by atoms with Crippen molar-refractivity contribution >= 4 is 26.4 Å². The van der Waals surface area contributed by atoms with Crippen LogP contribution in [0.3, 0.4) is 0 Å². The Bertz CT molecular complexity index is 570. The Balaban J connectivity index is 0.000000505. The van der Waals surface area contributed by atoms with E-state index in [9.17, 15) is 17.3 Å². The molecule has 0 radical (unpaired) electrons. The number of ether oxygens (including phenoxy) is 2. The lowest BCUT2D eigenvalue weighted by molar-refractivity contribution is 0.342. The van der Waals surface area contributed by atoms with E-state index in [1.165, 1.54) is 10.6 Å². The van der Waals surface area contributed by atoms with Crippen LogP contribution in [0.25, 0.3) is 0 Å². The number of halogens is 4. The van der Waals surface area contributed by atoms with Gasteiger partial charge in [0.05, 0.1) is 21.8 Å². The lowest BCUT2D eigenvalue weighted by Gasteiger charge is -2.08. The first-order valence-electron chi connectivity index (χ1n) is 7.50. The molecular formula is C16H20BF4O2P. The first-order valence-corrected chi connectivity index (χ1v) is 8.66. The molecule has 0 amide bonds. The predicted molar refractivity (Wildman–Crippen MR) is 94.4 cm³/mol. The van der Waals surface area contributed by atoms with Gasteiger partial charge in [-0.3, -0.25) is 0 Å². The molecule has 0 atom stereocenters. The van der Waals surface area contributed by atoms with Gasteiger partial charge in [-0.1, -0.05) is 24.3 Å². The molecule has 132 valence electrons. The van der Waals surface area contributed by atoms with Crippen molar-refractivity contribution < 1.29 is 26.7 Å². The number of hydrogen-bond acceptors (Lipinski definition) is 2. The van der Waals surface area contributed by atoms with Gasteiger partial charge in [-0.05, 0) is 38.1 Å². The SMILES string of the molecule is CCOc1ccccc1[PH2+]c1ccccc1OCC.F[B-](F)(F)F. The van der Waals surface area contributed by atoms with Crippen LogP contribution in [0.15, 0.2) is 48.5 Å². The van der Waals surface area contributed by atoms with E-state index in [1.54, 1.807) is 0 Å². The van der Waals surface area contributed by atoms with Gasteiger partial charge in [-0.2, -0.15) is 0 Å². The smallest absolute Gasteiger partial charge is 0.490 e. The molecule has 8 heteroatoms. The molecule has 0 saturated heterocycles. The van der Waals surface area contributed by atoms with Gasteiger partial charge in [0.2, 0.25) is 0 Å². The summed E-state index contributed by atoms with van der Waals surface area (Å²) in [7, 11) is -6.02. The van der Waals surface area contributed by atoms with E-state index in [0.29, 0.717) is 13.2 Å². The van der Waals surface area contributed by atoms with Gasteiger partial charge >= 0.3 is 7.25 Å². The normalized spacial score (nSPS) is 10.6. The summed E-state index contributed by atoms with van der Waals surface area (Å²) in [4.78, 5) is 0. The molecular weight excluding hydrogens is 342 g/mol. The monoisotopic (exact) mass is 362 g/mol. The standard InChI is InChI=1S/C16H19O2P.BF4/c1-3-17-13-9-5-7-11-15(13)19-16-12-8-6-10-14(16)18-4-2;2-1(3,4)5/h5-12,19H,3-4H2,1-2H3;/q;-1/p+1. The van der Waals surface area contributed by atoms with E-state index in [-0.39, 0.29) is 8.58 Å². The number of hydrogen-bond donors (Lipinski definition) is 0. The average molecular weight is 362 g/mol. The van der Waals surface area contributed by atoms with Gasteiger partial charge in [0.25, 0.3) is 0 Å². The van der Waals surface area contributed by atoms with E-state index in [4.69, 9.17) is 9.47 Å². The highest BCUT2D eigenvalue weighted by atomic mass is 31.1. The maximum absolute atomic E-state index is 9.75. The quantitative estimate of drug-likeness (QED) is 0.437. The third kappa shape index (κ3) is 8.20. The Labute approximate surface area is 141 Å². The molecule has 0 saturated carbocycles. The second-order valence-corrected chi connectivity index (χ2v) is 6.11. The summed E-state index contributed by atoms with van der Waals surface area (Å²) in [5.74, 6) is 1.98. The van der Waals surface area contributed by atoms with E-state index in [2.05, 4.69) is 24.3 Å². The Morgan fingerprint density at radius 3 is 1.42 bits per heavy atom. The minimum Gasteiger partial charge on any atom is -0.490 e. The number of rotatable bonds is 6. The van der Waals surface area contributed by atoms with Crippen molar-refractivity contribution in [2.75, 3.05) is 13.2 Å².